The van der Waals surface area contributed by atoms with Crippen LogP contribution in [0.15, 0.2) is 30.5 Å². The maximum absolute atomic E-state index is 12.8. The topological polar surface area (TPSA) is 107 Å². The fraction of sp³-hybridized carbons (Fsp3) is 0.417. The van der Waals surface area contributed by atoms with Crippen molar-refractivity contribution >= 4 is 28.7 Å². The van der Waals surface area contributed by atoms with E-state index >= 15 is 0 Å². The lowest BCUT2D eigenvalue weighted by molar-refractivity contribution is 0.0527. The number of anilines is 1. The fourth-order valence-corrected chi connectivity index (χ4v) is 4.22. The monoisotopic (exact) mass is 451 g/mol. The first kappa shape index (κ1) is 22.6. The van der Waals surface area contributed by atoms with Gasteiger partial charge in [0.2, 0.25) is 0 Å². The molecule has 33 heavy (non-hydrogen) atoms. The number of ether oxygens (including phenoxy) is 2. The van der Waals surface area contributed by atoms with E-state index in [4.69, 9.17) is 14.5 Å². The maximum Gasteiger partial charge on any atom is 0.343 e. The highest BCUT2D eigenvalue weighted by atomic mass is 16.5. The van der Waals surface area contributed by atoms with Gasteiger partial charge in [-0.05, 0) is 44.4 Å². The highest BCUT2D eigenvalue weighted by Crippen LogP contribution is 2.29. The molecule has 0 saturated heterocycles. The quantitative estimate of drug-likeness (QED) is 0.539. The summed E-state index contributed by atoms with van der Waals surface area (Å²) in [6.07, 6.45) is 6.66. The zero-order valence-electron chi connectivity index (χ0n) is 19.2. The van der Waals surface area contributed by atoms with Crippen LogP contribution in [-0.4, -0.2) is 46.5 Å². The molecule has 1 saturated carbocycles. The molecule has 0 radical (unpaired) electrons. The average Bonchev–Trinajstić information content (AvgIpc) is 3.23. The second-order valence-electron chi connectivity index (χ2n) is 8.13. The summed E-state index contributed by atoms with van der Waals surface area (Å²) in [5.41, 5.74) is 1.79. The summed E-state index contributed by atoms with van der Waals surface area (Å²) in [7, 11) is 1.59. The molecule has 1 aliphatic rings. The highest BCUT2D eigenvalue weighted by Gasteiger charge is 2.24. The van der Waals surface area contributed by atoms with Gasteiger partial charge in [-0.1, -0.05) is 31.4 Å². The van der Waals surface area contributed by atoms with Gasteiger partial charge in [-0.15, -0.1) is 0 Å². The molecule has 0 bridgehead atoms. The van der Waals surface area contributed by atoms with E-state index in [1.807, 2.05) is 31.2 Å². The first-order valence-corrected chi connectivity index (χ1v) is 11.3. The number of carbonyl (C=O) groups excluding carboxylic acids is 2. The van der Waals surface area contributed by atoms with Gasteiger partial charge in [-0.2, -0.15) is 9.78 Å². The van der Waals surface area contributed by atoms with Crippen molar-refractivity contribution in [2.24, 2.45) is 0 Å². The first-order valence-electron chi connectivity index (χ1n) is 11.3. The average molecular weight is 452 g/mol. The van der Waals surface area contributed by atoms with Gasteiger partial charge in [0.05, 0.1) is 19.9 Å². The number of nitrogens with one attached hydrogen (secondary N) is 2. The molecular formula is C24H29N5O4. The highest BCUT2D eigenvalue weighted by molar-refractivity contribution is 6.00. The molecule has 0 aliphatic heterocycles. The molecule has 174 valence electrons. The minimum Gasteiger partial charge on any atom is -0.494 e. The zero-order chi connectivity index (χ0) is 23.4. The van der Waals surface area contributed by atoms with Crippen LogP contribution in [0, 0.1) is 6.92 Å². The number of pyridine rings is 1. The van der Waals surface area contributed by atoms with Gasteiger partial charge in [0.15, 0.2) is 11.6 Å². The van der Waals surface area contributed by atoms with Crippen LogP contribution in [0.1, 0.15) is 54.9 Å². The van der Waals surface area contributed by atoms with Crippen molar-refractivity contribution in [2.45, 2.75) is 52.0 Å². The summed E-state index contributed by atoms with van der Waals surface area (Å²) in [4.78, 5) is 30.1. The molecule has 0 atom stereocenters. The Morgan fingerprint density at radius 3 is 2.73 bits per heavy atom. The smallest absolute Gasteiger partial charge is 0.343 e. The number of aromatic nitrogens is 3. The third-order valence-electron chi connectivity index (χ3n) is 5.87. The molecule has 4 rings (SSSR count). The number of carbonyl (C=O) groups is 2. The number of hydrogen-bond donors (Lipinski definition) is 2. The van der Waals surface area contributed by atoms with Crippen molar-refractivity contribution in [3.8, 4) is 11.6 Å². The number of aryl methyl sites for hydroxylation is 1. The molecule has 2 amide bonds. The summed E-state index contributed by atoms with van der Waals surface area (Å²) in [5, 5.41) is 11.1. The fourth-order valence-electron chi connectivity index (χ4n) is 4.22. The van der Waals surface area contributed by atoms with E-state index in [9.17, 15) is 9.59 Å². The largest absolute Gasteiger partial charge is 0.494 e. The standard InChI is InChI=1S/C24H29N5O4/c1-4-33-23(30)18-14-25-29(22(18)28-24(31)26-16-9-6-5-7-10-16)20-13-15(2)17-11-8-12-19(32-3)21(17)27-20/h8,11-14,16H,4-7,9-10H2,1-3H3,(H2,26,28,31). The van der Waals surface area contributed by atoms with Gasteiger partial charge < -0.3 is 14.8 Å². The molecule has 3 aromatic rings. The van der Waals surface area contributed by atoms with E-state index in [0.717, 1.165) is 36.6 Å². The Bertz CT molecular complexity index is 1170. The minimum atomic E-state index is -0.563. The second-order valence-corrected chi connectivity index (χ2v) is 8.13. The number of methoxy groups -OCH3 is 1. The summed E-state index contributed by atoms with van der Waals surface area (Å²) in [6, 6.07) is 7.30. The van der Waals surface area contributed by atoms with Crippen molar-refractivity contribution in [1.29, 1.82) is 0 Å². The van der Waals surface area contributed by atoms with Crippen LogP contribution < -0.4 is 15.4 Å². The molecule has 2 heterocycles. The van der Waals surface area contributed by atoms with E-state index in [2.05, 4.69) is 15.7 Å². The first-order chi connectivity index (χ1) is 16.0. The summed E-state index contributed by atoms with van der Waals surface area (Å²) < 4.78 is 12.1. The number of urea groups is 1. The number of rotatable bonds is 6. The van der Waals surface area contributed by atoms with Gasteiger partial charge in [0, 0.05) is 11.4 Å². The molecule has 1 fully saturated rings. The number of hydrogen-bond acceptors (Lipinski definition) is 6. The molecule has 1 aliphatic carbocycles. The Morgan fingerprint density at radius 2 is 2.00 bits per heavy atom. The summed E-state index contributed by atoms with van der Waals surface area (Å²) in [6.45, 7) is 3.90. The van der Waals surface area contributed by atoms with Gasteiger partial charge in [0.1, 0.15) is 16.8 Å². The predicted molar refractivity (Wildman–Crippen MR) is 125 cm³/mol. The third-order valence-corrected chi connectivity index (χ3v) is 5.87. The lowest BCUT2D eigenvalue weighted by Gasteiger charge is -2.23. The third kappa shape index (κ3) is 4.76. The lowest BCUT2D eigenvalue weighted by atomic mass is 9.96. The van der Waals surface area contributed by atoms with Gasteiger partial charge in [0.25, 0.3) is 0 Å². The van der Waals surface area contributed by atoms with E-state index < -0.39 is 5.97 Å². The SMILES string of the molecule is CCOC(=O)c1cnn(-c2cc(C)c3cccc(OC)c3n2)c1NC(=O)NC1CCCCC1. The Labute approximate surface area is 192 Å². The van der Waals surface area contributed by atoms with Crippen LogP contribution >= 0.6 is 0 Å². The number of fused-ring (bicyclic) bond motifs is 1. The van der Waals surface area contributed by atoms with E-state index in [0.29, 0.717) is 17.1 Å². The van der Waals surface area contributed by atoms with Gasteiger partial charge in [-0.25, -0.2) is 14.6 Å². The van der Waals surface area contributed by atoms with E-state index in [1.165, 1.54) is 17.3 Å². The number of nitrogens with zero attached hydrogens (tertiary/aromatic N) is 3. The maximum atomic E-state index is 12.8. The van der Waals surface area contributed by atoms with Crippen LogP contribution in [0.25, 0.3) is 16.7 Å². The van der Waals surface area contributed by atoms with Crippen LogP contribution in [0.3, 0.4) is 0 Å². The van der Waals surface area contributed by atoms with Gasteiger partial charge >= 0.3 is 12.0 Å². The molecule has 2 aromatic heterocycles. The molecule has 0 unspecified atom stereocenters. The van der Waals surface area contributed by atoms with Crippen molar-refractivity contribution in [3.63, 3.8) is 0 Å². The Kier molecular flexibility index (Phi) is 6.76. The van der Waals surface area contributed by atoms with Crippen molar-refractivity contribution in [1.82, 2.24) is 20.1 Å². The molecular weight excluding hydrogens is 422 g/mol. The zero-order valence-corrected chi connectivity index (χ0v) is 19.2. The van der Waals surface area contributed by atoms with Crippen molar-refractivity contribution < 1.29 is 19.1 Å². The lowest BCUT2D eigenvalue weighted by Crippen LogP contribution is -2.39. The van der Waals surface area contributed by atoms with Crippen LogP contribution in [0.2, 0.25) is 0 Å². The molecule has 1 aromatic carbocycles. The molecule has 0 spiro atoms. The minimum absolute atomic E-state index is 0.117. The van der Waals surface area contributed by atoms with E-state index in [1.54, 1.807) is 14.0 Å². The molecule has 9 heteroatoms. The predicted octanol–water partition coefficient (Wildman–Crippen LogP) is 4.37. The Hall–Kier alpha value is -3.62. The van der Waals surface area contributed by atoms with Crippen molar-refractivity contribution in [2.75, 3.05) is 19.0 Å². The Balaban J connectivity index is 1.73. The number of benzene rings is 1. The summed E-state index contributed by atoms with van der Waals surface area (Å²) in [5.74, 6) is 0.725. The summed E-state index contributed by atoms with van der Waals surface area (Å²) >= 11 is 0. The Morgan fingerprint density at radius 1 is 1.21 bits per heavy atom. The molecule has 2 N–H and O–H groups in total. The van der Waals surface area contributed by atoms with Crippen LogP contribution in [-0.2, 0) is 4.74 Å². The number of para-hydroxylation sites is 1. The van der Waals surface area contributed by atoms with E-state index in [-0.39, 0.29) is 30.1 Å². The van der Waals surface area contributed by atoms with Crippen LogP contribution in [0.5, 0.6) is 5.75 Å². The van der Waals surface area contributed by atoms with Gasteiger partial charge in [-0.3, -0.25) is 5.32 Å². The second kappa shape index (κ2) is 9.89. The number of amides is 2. The number of esters is 1. The van der Waals surface area contributed by atoms with Crippen LogP contribution in [0.4, 0.5) is 10.6 Å². The van der Waals surface area contributed by atoms with Crippen molar-refractivity contribution in [3.05, 3.63) is 41.6 Å². The normalized spacial score (nSPS) is 14.2. The molecule has 9 nitrogen and oxygen atoms in total.